The van der Waals surface area contributed by atoms with Gasteiger partial charge in [0.25, 0.3) is 0 Å². The van der Waals surface area contributed by atoms with Crippen molar-refractivity contribution in [3.05, 3.63) is 70.8 Å². The Balaban J connectivity index is 0.00000208. The molecule has 1 N–H and O–H groups in total. The summed E-state index contributed by atoms with van der Waals surface area (Å²) in [7, 11) is 0. The van der Waals surface area contributed by atoms with E-state index < -0.39 is 0 Å². The molecule has 1 aliphatic rings. The Morgan fingerprint density at radius 3 is 2.50 bits per heavy atom. The first kappa shape index (κ1) is 17.7. The molecular formula is C19H18ClN3O. The minimum absolute atomic E-state index is 0. The van der Waals surface area contributed by atoms with Crippen molar-refractivity contribution < 1.29 is 4.79 Å². The normalized spacial score (nSPS) is 12.5. The van der Waals surface area contributed by atoms with Gasteiger partial charge in [0.05, 0.1) is 18.2 Å². The molecule has 0 aliphatic carbocycles. The fraction of sp³-hybridized carbons (Fsp3) is 0.211. The molecule has 122 valence electrons. The second kappa shape index (κ2) is 8.28. The van der Waals surface area contributed by atoms with E-state index in [9.17, 15) is 4.79 Å². The smallest absolute Gasteiger partial charge is 0.141 e. The van der Waals surface area contributed by atoms with E-state index in [1.165, 1.54) is 0 Å². The first-order chi connectivity index (χ1) is 11.2. The average molecular weight is 340 g/mol. The zero-order valence-electron chi connectivity index (χ0n) is 13.2. The zero-order chi connectivity index (χ0) is 16.1. The third kappa shape index (κ3) is 4.43. The van der Waals surface area contributed by atoms with E-state index in [0.29, 0.717) is 18.4 Å². The summed E-state index contributed by atoms with van der Waals surface area (Å²) < 4.78 is 0. The van der Waals surface area contributed by atoms with Gasteiger partial charge in [0.15, 0.2) is 0 Å². The quantitative estimate of drug-likeness (QED) is 0.910. The summed E-state index contributed by atoms with van der Waals surface area (Å²) in [5, 5.41) is 12.2. The maximum atomic E-state index is 12.3. The largest absolute Gasteiger partial charge is 0.368 e. The minimum Gasteiger partial charge on any atom is -0.368 e. The Hall–Kier alpha value is -2.64. The lowest BCUT2D eigenvalue weighted by Crippen LogP contribution is -2.19. The fourth-order valence-corrected chi connectivity index (χ4v) is 2.69. The molecule has 5 heteroatoms. The summed E-state index contributed by atoms with van der Waals surface area (Å²) in [5.41, 5.74) is 3.48. The van der Waals surface area contributed by atoms with Crippen LogP contribution in [-0.4, -0.2) is 24.7 Å². The van der Waals surface area contributed by atoms with Crippen LogP contribution < -0.4 is 5.32 Å². The number of carbonyl (C=O) groups excluding carboxylic acids is 1. The topological polar surface area (TPSA) is 65.2 Å². The van der Waals surface area contributed by atoms with Gasteiger partial charge in [-0.25, -0.2) is 0 Å². The molecule has 2 aromatic carbocycles. The first-order valence-corrected chi connectivity index (χ1v) is 7.63. The van der Waals surface area contributed by atoms with E-state index in [1.54, 1.807) is 12.1 Å². The summed E-state index contributed by atoms with van der Waals surface area (Å²) in [6.07, 6.45) is 0.733. The van der Waals surface area contributed by atoms with E-state index in [-0.39, 0.29) is 18.2 Å². The maximum absolute atomic E-state index is 12.3. The van der Waals surface area contributed by atoms with Crippen molar-refractivity contribution in [1.29, 1.82) is 5.26 Å². The molecule has 3 rings (SSSR count). The highest BCUT2D eigenvalue weighted by atomic mass is 35.5. The fourth-order valence-electron chi connectivity index (χ4n) is 2.69. The van der Waals surface area contributed by atoms with Crippen LogP contribution in [0.2, 0.25) is 0 Å². The van der Waals surface area contributed by atoms with Gasteiger partial charge in [-0.05, 0) is 29.3 Å². The Morgan fingerprint density at radius 2 is 1.83 bits per heavy atom. The van der Waals surface area contributed by atoms with Gasteiger partial charge in [-0.1, -0.05) is 30.3 Å². The molecule has 4 nitrogen and oxygen atoms in total. The minimum atomic E-state index is 0. The molecule has 0 atom stereocenters. The van der Waals surface area contributed by atoms with E-state index in [0.717, 1.165) is 35.6 Å². The van der Waals surface area contributed by atoms with Crippen molar-refractivity contribution in [3.63, 3.8) is 0 Å². The van der Waals surface area contributed by atoms with E-state index in [4.69, 9.17) is 5.26 Å². The zero-order valence-corrected chi connectivity index (χ0v) is 14.0. The summed E-state index contributed by atoms with van der Waals surface area (Å²) in [6.45, 7) is 1.67. The second-order valence-electron chi connectivity index (χ2n) is 5.56. The van der Waals surface area contributed by atoms with E-state index in [1.807, 2.05) is 36.4 Å². The van der Waals surface area contributed by atoms with Crippen molar-refractivity contribution in [1.82, 2.24) is 5.32 Å². The third-order valence-electron chi connectivity index (χ3n) is 3.73. The van der Waals surface area contributed by atoms with Crippen LogP contribution in [0, 0.1) is 11.3 Å². The Bertz CT molecular complexity index is 808. The van der Waals surface area contributed by atoms with Crippen LogP contribution >= 0.6 is 12.4 Å². The number of ketones is 1. The highest BCUT2D eigenvalue weighted by molar-refractivity contribution is 6.00. The van der Waals surface area contributed by atoms with Crippen LogP contribution in [0.4, 0.5) is 0 Å². The molecule has 0 fully saturated rings. The second-order valence-corrected chi connectivity index (χ2v) is 5.56. The SMILES string of the molecule is Cl.N#Cc1cccc(CC(=O)Cc2cccc(C3=NCCN3)c2)c1. The summed E-state index contributed by atoms with van der Waals surface area (Å²) in [4.78, 5) is 16.7. The molecule has 24 heavy (non-hydrogen) atoms. The molecule has 1 aliphatic heterocycles. The highest BCUT2D eigenvalue weighted by Crippen LogP contribution is 2.11. The number of benzene rings is 2. The number of Topliss-reactive ketones (excluding diaryl/α,β-unsaturated/α-hetero) is 1. The number of hydrogen-bond donors (Lipinski definition) is 1. The Labute approximate surface area is 147 Å². The molecule has 0 radical (unpaired) electrons. The van der Waals surface area contributed by atoms with Gasteiger partial charge < -0.3 is 5.32 Å². The third-order valence-corrected chi connectivity index (χ3v) is 3.73. The van der Waals surface area contributed by atoms with Crippen LogP contribution in [0.25, 0.3) is 0 Å². The average Bonchev–Trinajstić information content (AvgIpc) is 3.09. The molecule has 0 saturated carbocycles. The van der Waals surface area contributed by atoms with Crippen molar-refractivity contribution in [2.24, 2.45) is 4.99 Å². The summed E-state index contributed by atoms with van der Waals surface area (Å²) >= 11 is 0. The Kier molecular flexibility index (Phi) is 6.11. The van der Waals surface area contributed by atoms with Crippen LogP contribution in [0.1, 0.15) is 22.3 Å². The lowest BCUT2D eigenvalue weighted by Gasteiger charge is -2.06. The first-order valence-electron chi connectivity index (χ1n) is 7.63. The van der Waals surface area contributed by atoms with Gasteiger partial charge in [0.1, 0.15) is 11.6 Å². The van der Waals surface area contributed by atoms with Crippen molar-refractivity contribution in [3.8, 4) is 6.07 Å². The highest BCUT2D eigenvalue weighted by Gasteiger charge is 2.10. The number of rotatable bonds is 5. The van der Waals surface area contributed by atoms with Gasteiger partial charge in [0, 0.05) is 24.9 Å². The number of aliphatic imine (C=N–C) groups is 1. The summed E-state index contributed by atoms with van der Waals surface area (Å²) in [6, 6.07) is 17.2. The number of hydrogen-bond acceptors (Lipinski definition) is 4. The molecule has 2 aromatic rings. The molecule has 0 amide bonds. The van der Waals surface area contributed by atoms with Gasteiger partial charge in [-0.3, -0.25) is 9.79 Å². The van der Waals surface area contributed by atoms with Gasteiger partial charge >= 0.3 is 0 Å². The van der Waals surface area contributed by atoms with Crippen molar-refractivity contribution >= 4 is 24.0 Å². The lowest BCUT2D eigenvalue weighted by atomic mass is 10.00. The monoisotopic (exact) mass is 339 g/mol. The lowest BCUT2D eigenvalue weighted by molar-refractivity contribution is -0.117. The van der Waals surface area contributed by atoms with Crippen molar-refractivity contribution in [2.75, 3.05) is 13.1 Å². The van der Waals surface area contributed by atoms with Gasteiger partial charge in [0.2, 0.25) is 0 Å². The van der Waals surface area contributed by atoms with Gasteiger partial charge in [-0.15, -0.1) is 12.4 Å². The van der Waals surface area contributed by atoms with E-state index in [2.05, 4.69) is 16.4 Å². The molecule has 0 bridgehead atoms. The number of carbonyl (C=O) groups is 1. The predicted molar refractivity (Wildman–Crippen MR) is 96.7 cm³/mol. The number of nitrogens with zero attached hydrogens (tertiary/aromatic N) is 2. The molecule has 1 heterocycles. The number of nitrogens with one attached hydrogen (secondary N) is 1. The molecule has 0 aromatic heterocycles. The number of amidine groups is 1. The standard InChI is InChI=1S/C19H17N3O.ClH/c20-13-16-5-1-3-14(9-16)11-18(23)12-15-4-2-6-17(10-15)19-21-7-8-22-19;/h1-6,9-10H,7-8,11-12H2,(H,21,22);1H. The Morgan fingerprint density at radius 1 is 1.12 bits per heavy atom. The van der Waals surface area contributed by atoms with Crippen LogP contribution in [0.5, 0.6) is 0 Å². The number of nitriles is 1. The molecule has 0 unspecified atom stereocenters. The van der Waals surface area contributed by atoms with E-state index >= 15 is 0 Å². The number of halogens is 1. The van der Waals surface area contributed by atoms with Crippen LogP contribution in [0.15, 0.2) is 53.5 Å². The van der Waals surface area contributed by atoms with Crippen LogP contribution in [-0.2, 0) is 17.6 Å². The molecule has 0 saturated heterocycles. The van der Waals surface area contributed by atoms with Gasteiger partial charge in [-0.2, -0.15) is 5.26 Å². The molecular weight excluding hydrogens is 322 g/mol. The predicted octanol–water partition coefficient (Wildman–Crippen LogP) is 2.68. The molecule has 0 spiro atoms. The maximum Gasteiger partial charge on any atom is 0.141 e. The summed E-state index contributed by atoms with van der Waals surface area (Å²) in [5.74, 6) is 1.04. The van der Waals surface area contributed by atoms with Crippen LogP contribution in [0.3, 0.4) is 0 Å². The van der Waals surface area contributed by atoms with Crippen molar-refractivity contribution in [2.45, 2.75) is 12.8 Å².